The highest BCUT2D eigenvalue weighted by molar-refractivity contribution is 7.73. The summed E-state index contributed by atoms with van der Waals surface area (Å²) in [5.41, 5.74) is 1.95. The van der Waals surface area contributed by atoms with Crippen LogP contribution >= 0.6 is 7.29 Å². The minimum atomic E-state index is -3.04. The van der Waals surface area contributed by atoms with Crippen molar-refractivity contribution in [2.75, 3.05) is 14.2 Å². The Labute approximate surface area is 195 Å². The maximum Gasteiger partial charge on any atom is 0.203 e. The molecule has 5 atom stereocenters. The second-order valence-electron chi connectivity index (χ2n) is 8.64. The van der Waals surface area contributed by atoms with E-state index in [2.05, 4.69) is 29.0 Å². The number of aliphatic hydroxyl groups is 1. The number of aliphatic hydroxyl groups excluding tert-OH is 1. The molecule has 0 spiro atoms. The second kappa shape index (κ2) is 8.79. The molecule has 1 fully saturated rings. The molecule has 0 radical (unpaired) electrons. The number of hydrogen-bond donors (Lipinski definition) is 1. The lowest BCUT2D eigenvalue weighted by Gasteiger charge is -2.27. The minimum absolute atomic E-state index is 0.0113. The van der Waals surface area contributed by atoms with Crippen LogP contribution in [0.25, 0.3) is 0 Å². The van der Waals surface area contributed by atoms with E-state index in [1.807, 2.05) is 85.9 Å². The van der Waals surface area contributed by atoms with Crippen molar-refractivity contribution in [2.24, 2.45) is 11.8 Å². The third kappa shape index (κ3) is 3.69. The highest BCUT2D eigenvalue weighted by Crippen LogP contribution is 2.70. The Morgan fingerprint density at radius 3 is 2.18 bits per heavy atom. The number of rotatable bonds is 5. The standard InChI is InChI=1S/C28H28NO3P/c1-29-27(20-9-5-3-6-10-20)25-18-15-22(28(30)21-13-16-23(32-2)17-14-21)19-26(25)33(29,31)24-11-7-4-8-12-24/h3-19,22,25,27-28,30H,1-2H3/t22-,25+,27-,28-,33-/m1/s1. The van der Waals surface area contributed by atoms with Gasteiger partial charge in [0.05, 0.1) is 19.3 Å². The SMILES string of the molecule is COc1ccc([C@@H](O)[C@@H]2C=C[C@H]3C(=C2)[P@](=O)(c2ccccc2)N(C)[C@@H]3c2ccccc2)cc1. The lowest BCUT2D eigenvalue weighted by Crippen LogP contribution is -2.22. The van der Waals surface area contributed by atoms with Gasteiger partial charge in [-0.15, -0.1) is 0 Å². The van der Waals surface area contributed by atoms with Gasteiger partial charge in [-0.1, -0.05) is 78.9 Å². The van der Waals surface area contributed by atoms with Crippen LogP contribution in [0.1, 0.15) is 23.3 Å². The molecule has 0 saturated carbocycles. The largest absolute Gasteiger partial charge is 0.497 e. The number of fused-ring (bicyclic) bond motifs is 1. The van der Waals surface area contributed by atoms with Crippen LogP contribution in [0.5, 0.6) is 5.75 Å². The van der Waals surface area contributed by atoms with Gasteiger partial charge in [0.25, 0.3) is 0 Å². The van der Waals surface area contributed by atoms with Crippen molar-refractivity contribution in [3.63, 3.8) is 0 Å². The molecule has 0 amide bonds. The predicted octanol–water partition coefficient (Wildman–Crippen LogP) is 5.71. The van der Waals surface area contributed by atoms with Crippen LogP contribution in [0.4, 0.5) is 0 Å². The van der Waals surface area contributed by atoms with Crippen LogP contribution in [0, 0.1) is 11.8 Å². The van der Waals surface area contributed by atoms with Gasteiger partial charge in [0.15, 0.2) is 0 Å². The molecule has 0 aromatic heterocycles. The maximum atomic E-state index is 14.8. The molecular weight excluding hydrogens is 429 g/mol. The number of methoxy groups -OCH3 is 1. The molecule has 1 aliphatic heterocycles. The van der Waals surface area contributed by atoms with Crippen molar-refractivity contribution in [3.05, 3.63) is 120 Å². The Morgan fingerprint density at radius 1 is 0.909 bits per heavy atom. The molecule has 5 rings (SSSR count). The molecule has 2 aliphatic rings. The normalized spacial score (nSPS) is 27.6. The third-order valence-corrected chi connectivity index (χ3v) is 10.1. The third-order valence-electron chi connectivity index (χ3n) is 6.85. The van der Waals surface area contributed by atoms with Gasteiger partial charge < -0.3 is 9.84 Å². The number of hydrogen-bond acceptors (Lipinski definition) is 3. The molecule has 3 aromatic carbocycles. The average molecular weight is 458 g/mol. The van der Waals surface area contributed by atoms with Crippen molar-refractivity contribution in [2.45, 2.75) is 12.1 Å². The fourth-order valence-corrected chi connectivity index (χ4v) is 8.36. The second-order valence-corrected chi connectivity index (χ2v) is 11.5. The molecule has 1 saturated heterocycles. The Balaban J connectivity index is 1.58. The van der Waals surface area contributed by atoms with Gasteiger partial charge in [0.2, 0.25) is 7.29 Å². The average Bonchev–Trinajstić information content (AvgIpc) is 3.11. The van der Waals surface area contributed by atoms with E-state index in [0.29, 0.717) is 0 Å². The van der Waals surface area contributed by atoms with Gasteiger partial charge in [-0.3, -0.25) is 4.57 Å². The summed E-state index contributed by atoms with van der Waals surface area (Å²) >= 11 is 0. The van der Waals surface area contributed by atoms with E-state index < -0.39 is 13.4 Å². The van der Waals surface area contributed by atoms with Crippen LogP contribution in [0.2, 0.25) is 0 Å². The van der Waals surface area contributed by atoms with Crippen LogP contribution in [0.3, 0.4) is 0 Å². The molecule has 3 aromatic rings. The van der Waals surface area contributed by atoms with Crippen molar-refractivity contribution in [1.82, 2.24) is 4.67 Å². The summed E-state index contributed by atoms with van der Waals surface area (Å²) < 4.78 is 22.1. The maximum absolute atomic E-state index is 14.8. The Morgan fingerprint density at radius 2 is 1.55 bits per heavy atom. The summed E-state index contributed by atoms with van der Waals surface area (Å²) in [6.45, 7) is 0. The van der Waals surface area contributed by atoms with E-state index in [1.165, 1.54) is 0 Å². The van der Waals surface area contributed by atoms with Gasteiger partial charge in [-0.05, 0) is 42.4 Å². The first kappa shape index (κ1) is 21.9. The highest BCUT2D eigenvalue weighted by Gasteiger charge is 2.52. The molecule has 4 nitrogen and oxygen atoms in total. The van der Waals surface area contributed by atoms with Crippen molar-refractivity contribution in [3.8, 4) is 5.75 Å². The summed E-state index contributed by atoms with van der Waals surface area (Å²) in [5.74, 6) is 0.479. The molecule has 1 aliphatic carbocycles. The number of nitrogens with zero attached hydrogens (tertiary/aromatic N) is 1. The monoisotopic (exact) mass is 457 g/mol. The van der Waals surface area contributed by atoms with Crippen LogP contribution in [0.15, 0.2) is 108 Å². The highest BCUT2D eigenvalue weighted by atomic mass is 31.2. The first-order valence-electron chi connectivity index (χ1n) is 11.2. The number of ether oxygens (including phenoxy) is 1. The first-order chi connectivity index (χ1) is 16.0. The predicted molar refractivity (Wildman–Crippen MR) is 133 cm³/mol. The molecule has 1 N–H and O–H groups in total. The summed E-state index contributed by atoms with van der Waals surface area (Å²) in [6, 6.07) is 27.4. The Hall–Kier alpha value is -2.91. The molecular formula is C28H28NO3P. The van der Waals surface area contributed by atoms with Gasteiger partial charge in [-0.25, -0.2) is 4.67 Å². The van der Waals surface area contributed by atoms with E-state index in [-0.39, 0.29) is 17.9 Å². The van der Waals surface area contributed by atoms with Crippen LogP contribution in [-0.4, -0.2) is 23.9 Å². The Kier molecular flexibility index (Phi) is 5.84. The molecule has 0 bridgehead atoms. The lowest BCUT2D eigenvalue weighted by molar-refractivity contribution is 0.149. The van der Waals surface area contributed by atoms with E-state index in [1.54, 1.807) is 7.11 Å². The summed E-state index contributed by atoms with van der Waals surface area (Å²) in [7, 11) is 0.556. The van der Waals surface area contributed by atoms with E-state index in [4.69, 9.17) is 4.74 Å². The smallest absolute Gasteiger partial charge is 0.203 e. The molecule has 5 heteroatoms. The quantitative estimate of drug-likeness (QED) is 0.394. The van der Waals surface area contributed by atoms with Crippen LogP contribution < -0.4 is 10.0 Å². The zero-order valence-corrected chi connectivity index (χ0v) is 19.7. The van der Waals surface area contributed by atoms with E-state index >= 15 is 0 Å². The van der Waals surface area contributed by atoms with E-state index in [0.717, 1.165) is 27.5 Å². The fourth-order valence-electron chi connectivity index (χ4n) is 5.12. The molecule has 33 heavy (non-hydrogen) atoms. The molecule has 168 valence electrons. The molecule has 0 unspecified atom stereocenters. The summed E-state index contributed by atoms with van der Waals surface area (Å²) in [4.78, 5) is 0. The Bertz CT molecular complexity index is 1220. The van der Waals surface area contributed by atoms with Crippen molar-refractivity contribution < 1.29 is 14.4 Å². The van der Waals surface area contributed by atoms with Crippen LogP contribution in [-0.2, 0) is 4.57 Å². The lowest BCUT2D eigenvalue weighted by atomic mass is 9.84. The first-order valence-corrected chi connectivity index (χ1v) is 12.9. The number of benzene rings is 3. The summed E-state index contributed by atoms with van der Waals surface area (Å²) in [5, 5.41) is 12.9. The van der Waals surface area contributed by atoms with E-state index in [9.17, 15) is 9.67 Å². The van der Waals surface area contributed by atoms with Gasteiger partial charge in [0.1, 0.15) is 5.75 Å². The zero-order chi connectivity index (χ0) is 23.0. The zero-order valence-electron chi connectivity index (χ0n) is 18.8. The van der Waals surface area contributed by atoms with Gasteiger partial charge >= 0.3 is 0 Å². The summed E-state index contributed by atoms with van der Waals surface area (Å²) in [6.07, 6.45) is 5.52. The topological polar surface area (TPSA) is 49.8 Å². The van der Waals surface area contributed by atoms with Gasteiger partial charge in [0, 0.05) is 22.5 Å². The minimum Gasteiger partial charge on any atom is -0.497 e. The van der Waals surface area contributed by atoms with Crippen molar-refractivity contribution in [1.29, 1.82) is 0 Å². The fraction of sp³-hybridized carbons (Fsp3) is 0.214. The molecule has 1 heterocycles. The van der Waals surface area contributed by atoms with Gasteiger partial charge in [-0.2, -0.15) is 0 Å². The van der Waals surface area contributed by atoms with Crippen molar-refractivity contribution >= 4 is 12.6 Å².